The molecule has 0 bridgehead atoms. The third kappa shape index (κ3) is 9.52. The minimum atomic E-state index is -3.70. The Morgan fingerprint density at radius 2 is 1.93 bits per heavy atom. The Morgan fingerprint density at radius 1 is 1.29 bits per heavy atom. The van der Waals surface area contributed by atoms with Crippen LogP contribution >= 0.6 is 11.3 Å². The summed E-state index contributed by atoms with van der Waals surface area (Å²) in [6, 6.07) is 1.75. The Labute approximate surface area is 170 Å². The van der Waals surface area contributed by atoms with E-state index in [0.717, 1.165) is 16.7 Å². The van der Waals surface area contributed by atoms with Gasteiger partial charge >= 0.3 is 12.1 Å². The van der Waals surface area contributed by atoms with E-state index in [4.69, 9.17) is 13.7 Å². The van der Waals surface area contributed by atoms with Crippen LogP contribution in [0.2, 0.25) is 0 Å². The number of esters is 1. The minimum Gasteiger partial charge on any atom is -0.462 e. The summed E-state index contributed by atoms with van der Waals surface area (Å²) in [6.45, 7) is 9.10. The molecule has 0 saturated carbocycles. The Kier molecular flexibility index (Phi) is 8.90. The van der Waals surface area contributed by atoms with Gasteiger partial charge in [0, 0.05) is 11.4 Å². The SMILES string of the molecule is CCOC(=O)c1cc(C)c(CCC(CNC(=O)OC(C)(C)C)OS(C)(=O)=O)s1. The van der Waals surface area contributed by atoms with Gasteiger partial charge in [-0.25, -0.2) is 9.59 Å². The van der Waals surface area contributed by atoms with Gasteiger partial charge in [-0.15, -0.1) is 11.3 Å². The molecule has 0 aliphatic rings. The summed E-state index contributed by atoms with van der Waals surface area (Å²) in [6.07, 6.45) is 0.392. The van der Waals surface area contributed by atoms with Gasteiger partial charge in [-0.1, -0.05) is 0 Å². The quantitative estimate of drug-likeness (QED) is 0.469. The van der Waals surface area contributed by atoms with Gasteiger partial charge in [-0.05, 0) is 59.1 Å². The molecule has 1 unspecified atom stereocenters. The van der Waals surface area contributed by atoms with Crippen molar-refractivity contribution >= 4 is 33.5 Å². The van der Waals surface area contributed by atoms with Gasteiger partial charge < -0.3 is 14.8 Å². The van der Waals surface area contributed by atoms with E-state index in [1.54, 1.807) is 33.8 Å². The van der Waals surface area contributed by atoms with Crippen molar-refractivity contribution < 1.29 is 31.7 Å². The monoisotopic (exact) mass is 435 g/mol. The molecule has 0 aliphatic heterocycles. The van der Waals surface area contributed by atoms with Gasteiger partial charge in [-0.2, -0.15) is 8.42 Å². The molecule has 0 fully saturated rings. The van der Waals surface area contributed by atoms with Gasteiger partial charge in [0.2, 0.25) is 0 Å². The second-order valence-electron chi connectivity index (χ2n) is 7.28. The highest BCUT2D eigenvalue weighted by Crippen LogP contribution is 2.25. The zero-order valence-corrected chi connectivity index (χ0v) is 18.8. The lowest BCUT2D eigenvalue weighted by atomic mass is 10.1. The predicted octanol–water partition coefficient (Wildman–Crippen LogP) is 3.04. The maximum atomic E-state index is 11.9. The molecule has 1 heterocycles. The molecule has 8 nitrogen and oxygen atoms in total. The molecule has 10 heteroatoms. The van der Waals surface area contributed by atoms with E-state index in [-0.39, 0.29) is 12.5 Å². The molecule has 0 spiro atoms. The summed E-state index contributed by atoms with van der Waals surface area (Å²) < 4.78 is 38.3. The third-order valence-corrected chi connectivity index (χ3v) is 5.27. The van der Waals surface area contributed by atoms with Gasteiger partial charge in [0.25, 0.3) is 10.1 Å². The molecular weight excluding hydrogens is 406 g/mol. The first-order chi connectivity index (χ1) is 12.8. The number of carbonyl (C=O) groups is 2. The van der Waals surface area contributed by atoms with E-state index in [0.29, 0.717) is 24.3 Å². The number of hydrogen-bond acceptors (Lipinski definition) is 8. The standard InChI is InChI=1S/C18H29NO7S2/c1-7-24-16(20)15-10-12(2)14(27-15)9-8-13(26-28(6,22)23)11-19-17(21)25-18(3,4)5/h10,13H,7-9,11H2,1-6H3,(H,19,21). The lowest BCUT2D eigenvalue weighted by Crippen LogP contribution is -2.38. The molecule has 0 saturated heterocycles. The van der Waals surface area contributed by atoms with E-state index in [2.05, 4.69) is 5.32 Å². The second-order valence-corrected chi connectivity index (χ2v) is 10.0. The molecule has 1 amide bonds. The van der Waals surface area contributed by atoms with Crippen molar-refractivity contribution in [2.75, 3.05) is 19.4 Å². The zero-order chi connectivity index (χ0) is 21.5. The molecular formula is C18H29NO7S2. The average molecular weight is 436 g/mol. The van der Waals surface area contributed by atoms with E-state index in [9.17, 15) is 18.0 Å². The number of amides is 1. The van der Waals surface area contributed by atoms with Gasteiger partial charge in [0.1, 0.15) is 10.5 Å². The van der Waals surface area contributed by atoms with Crippen molar-refractivity contribution in [1.29, 1.82) is 0 Å². The molecule has 0 aromatic carbocycles. The lowest BCUT2D eigenvalue weighted by molar-refractivity contribution is 0.0497. The molecule has 1 aromatic rings. The molecule has 1 N–H and O–H groups in total. The van der Waals surface area contributed by atoms with Crippen molar-refractivity contribution in [1.82, 2.24) is 5.32 Å². The predicted molar refractivity (Wildman–Crippen MR) is 107 cm³/mol. The number of nitrogens with one attached hydrogen (secondary N) is 1. The van der Waals surface area contributed by atoms with E-state index >= 15 is 0 Å². The fourth-order valence-electron chi connectivity index (χ4n) is 2.31. The first-order valence-electron chi connectivity index (χ1n) is 8.92. The highest BCUT2D eigenvalue weighted by Gasteiger charge is 2.21. The fourth-order valence-corrected chi connectivity index (χ4v) is 4.05. The van der Waals surface area contributed by atoms with E-state index in [1.165, 1.54) is 11.3 Å². The van der Waals surface area contributed by atoms with E-state index < -0.39 is 27.9 Å². The first kappa shape index (κ1) is 24.4. The molecule has 0 radical (unpaired) electrons. The number of alkyl carbamates (subject to hydrolysis) is 1. The topological polar surface area (TPSA) is 108 Å². The van der Waals surface area contributed by atoms with Crippen LogP contribution in [0.25, 0.3) is 0 Å². The van der Waals surface area contributed by atoms with Crippen LogP contribution in [-0.2, 0) is 30.2 Å². The van der Waals surface area contributed by atoms with Crippen LogP contribution in [0, 0.1) is 6.92 Å². The Bertz CT molecular complexity index is 778. The highest BCUT2D eigenvalue weighted by molar-refractivity contribution is 7.86. The summed E-state index contributed by atoms with van der Waals surface area (Å²) in [7, 11) is -3.70. The number of thiophene rings is 1. The smallest absolute Gasteiger partial charge is 0.407 e. The van der Waals surface area contributed by atoms with Gasteiger partial charge in [0.05, 0.1) is 19.0 Å². The van der Waals surface area contributed by atoms with Crippen LogP contribution in [0.1, 0.15) is 54.2 Å². The van der Waals surface area contributed by atoms with Crippen molar-refractivity contribution in [3.63, 3.8) is 0 Å². The minimum absolute atomic E-state index is 0.0167. The fraction of sp³-hybridized carbons (Fsp3) is 0.667. The number of hydrogen-bond donors (Lipinski definition) is 1. The van der Waals surface area contributed by atoms with Crippen LogP contribution in [0.3, 0.4) is 0 Å². The van der Waals surface area contributed by atoms with Crippen LogP contribution in [0.4, 0.5) is 4.79 Å². The van der Waals surface area contributed by atoms with Crippen molar-refractivity contribution in [2.24, 2.45) is 0 Å². The molecule has 1 atom stereocenters. The zero-order valence-electron chi connectivity index (χ0n) is 17.2. The molecule has 28 heavy (non-hydrogen) atoms. The summed E-state index contributed by atoms with van der Waals surface area (Å²) in [4.78, 5) is 25.1. The summed E-state index contributed by atoms with van der Waals surface area (Å²) in [5, 5.41) is 2.53. The maximum Gasteiger partial charge on any atom is 0.407 e. The molecule has 0 aliphatic carbocycles. The number of rotatable bonds is 9. The number of carbonyl (C=O) groups excluding carboxylic acids is 2. The van der Waals surface area contributed by atoms with Crippen LogP contribution in [-0.4, -0.2) is 51.6 Å². The summed E-state index contributed by atoms with van der Waals surface area (Å²) >= 11 is 1.31. The first-order valence-corrected chi connectivity index (χ1v) is 11.6. The molecule has 1 rings (SSSR count). The number of aryl methyl sites for hydroxylation is 2. The van der Waals surface area contributed by atoms with Crippen LogP contribution in [0.15, 0.2) is 6.07 Å². The molecule has 160 valence electrons. The maximum absolute atomic E-state index is 11.9. The van der Waals surface area contributed by atoms with Gasteiger partial charge in [-0.3, -0.25) is 4.18 Å². The van der Waals surface area contributed by atoms with Crippen LogP contribution < -0.4 is 5.32 Å². The second kappa shape index (κ2) is 10.2. The Morgan fingerprint density at radius 3 is 2.46 bits per heavy atom. The largest absolute Gasteiger partial charge is 0.462 e. The molecule has 1 aromatic heterocycles. The van der Waals surface area contributed by atoms with Crippen LogP contribution in [0.5, 0.6) is 0 Å². The lowest BCUT2D eigenvalue weighted by Gasteiger charge is -2.21. The average Bonchev–Trinajstić information content (AvgIpc) is 2.88. The summed E-state index contributed by atoms with van der Waals surface area (Å²) in [5.41, 5.74) is 0.265. The van der Waals surface area contributed by atoms with Crippen molar-refractivity contribution in [3.8, 4) is 0 Å². The van der Waals surface area contributed by atoms with E-state index in [1.807, 2.05) is 6.92 Å². The van der Waals surface area contributed by atoms with Gasteiger partial charge in [0.15, 0.2) is 0 Å². The Balaban J connectivity index is 2.74. The Hall–Kier alpha value is -1.65. The number of ether oxygens (including phenoxy) is 2. The summed E-state index contributed by atoms with van der Waals surface area (Å²) in [5.74, 6) is -0.377. The third-order valence-electron chi connectivity index (χ3n) is 3.37. The normalized spacial score (nSPS) is 13.1. The van der Waals surface area contributed by atoms with Crippen molar-refractivity contribution in [3.05, 3.63) is 21.4 Å². The van der Waals surface area contributed by atoms with Crippen molar-refractivity contribution in [2.45, 2.75) is 59.2 Å². The highest BCUT2D eigenvalue weighted by atomic mass is 32.2.